The van der Waals surface area contributed by atoms with Gasteiger partial charge in [-0.25, -0.2) is 8.42 Å². The molecule has 0 N–H and O–H groups in total. The van der Waals surface area contributed by atoms with Crippen molar-refractivity contribution in [3.8, 4) is 0 Å². The van der Waals surface area contributed by atoms with Gasteiger partial charge < -0.3 is 0 Å². The van der Waals surface area contributed by atoms with Gasteiger partial charge in [-0.1, -0.05) is 36.4 Å². The summed E-state index contributed by atoms with van der Waals surface area (Å²) in [5, 5.41) is 0. The van der Waals surface area contributed by atoms with Crippen LogP contribution in [0.1, 0.15) is 11.1 Å². The van der Waals surface area contributed by atoms with Crippen molar-refractivity contribution in [1.82, 2.24) is 4.31 Å². The van der Waals surface area contributed by atoms with Crippen molar-refractivity contribution >= 4 is 26.0 Å². The Kier molecular flexibility index (Phi) is 4.15. The summed E-state index contributed by atoms with van der Waals surface area (Å²) in [5.74, 6) is 0. The number of hydrogen-bond acceptors (Lipinski definition) is 2. The van der Waals surface area contributed by atoms with E-state index in [2.05, 4.69) is 28.1 Å². The van der Waals surface area contributed by atoms with E-state index in [0.717, 1.165) is 12.8 Å². The lowest BCUT2D eigenvalue weighted by Gasteiger charge is -2.20. The lowest BCUT2D eigenvalue weighted by atomic mass is 10.0. The molecule has 21 heavy (non-hydrogen) atoms. The molecule has 0 bridgehead atoms. The van der Waals surface area contributed by atoms with E-state index in [4.69, 9.17) is 0 Å². The Bertz CT molecular complexity index is 731. The van der Waals surface area contributed by atoms with E-state index < -0.39 is 10.0 Å². The fourth-order valence-corrected chi connectivity index (χ4v) is 5.09. The fraction of sp³-hybridized carbons (Fsp3) is 0.250. The second kappa shape index (κ2) is 5.91. The van der Waals surface area contributed by atoms with Gasteiger partial charge in [0.25, 0.3) is 0 Å². The highest BCUT2D eigenvalue weighted by Crippen LogP contribution is 2.26. The number of fused-ring (bicyclic) bond motifs is 1. The van der Waals surface area contributed by atoms with Gasteiger partial charge in [-0.3, -0.25) is 0 Å². The first kappa shape index (κ1) is 14.8. The molecule has 0 atom stereocenters. The Morgan fingerprint density at radius 1 is 0.857 bits per heavy atom. The topological polar surface area (TPSA) is 37.4 Å². The van der Waals surface area contributed by atoms with Crippen LogP contribution in [0.15, 0.2) is 57.9 Å². The average Bonchev–Trinajstić information content (AvgIpc) is 2.70. The number of rotatable bonds is 2. The van der Waals surface area contributed by atoms with Gasteiger partial charge in [-0.05, 0) is 52.0 Å². The summed E-state index contributed by atoms with van der Waals surface area (Å²) in [6, 6.07) is 15.2. The Balaban J connectivity index is 1.91. The van der Waals surface area contributed by atoms with E-state index in [0.29, 0.717) is 22.5 Å². The predicted molar refractivity (Wildman–Crippen MR) is 86.8 cm³/mol. The van der Waals surface area contributed by atoms with Crippen molar-refractivity contribution in [1.29, 1.82) is 0 Å². The normalized spacial score (nSPS) is 16.2. The van der Waals surface area contributed by atoms with Crippen molar-refractivity contribution in [2.75, 3.05) is 13.1 Å². The SMILES string of the molecule is O=S(=O)(c1ccccc1Br)N1CCc2ccccc2CC1. The Hall–Kier alpha value is -1.17. The van der Waals surface area contributed by atoms with Gasteiger partial charge in [0.1, 0.15) is 0 Å². The lowest BCUT2D eigenvalue weighted by molar-refractivity contribution is 0.426. The molecule has 0 saturated carbocycles. The van der Waals surface area contributed by atoms with Crippen LogP contribution in [0.3, 0.4) is 0 Å². The summed E-state index contributed by atoms with van der Waals surface area (Å²) in [4.78, 5) is 0.343. The molecule has 0 aromatic heterocycles. The van der Waals surface area contributed by atoms with Crippen LogP contribution in [0, 0.1) is 0 Å². The zero-order valence-electron chi connectivity index (χ0n) is 11.5. The molecule has 0 aliphatic carbocycles. The maximum absolute atomic E-state index is 12.8. The van der Waals surface area contributed by atoms with Crippen molar-refractivity contribution in [2.24, 2.45) is 0 Å². The van der Waals surface area contributed by atoms with Crippen LogP contribution >= 0.6 is 15.9 Å². The van der Waals surface area contributed by atoms with E-state index in [1.54, 1.807) is 22.5 Å². The van der Waals surface area contributed by atoms with Crippen LogP contribution in [0.25, 0.3) is 0 Å². The Labute approximate surface area is 133 Å². The molecular weight excluding hydrogens is 350 g/mol. The van der Waals surface area contributed by atoms with Crippen LogP contribution in [0.4, 0.5) is 0 Å². The van der Waals surface area contributed by atoms with Crippen molar-refractivity contribution < 1.29 is 8.42 Å². The summed E-state index contributed by atoms with van der Waals surface area (Å²) in [7, 11) is -3.45. The first-order valence-corrected chi connectivity index (χ1v) is 9.14. The molecule has 3 rings (SSSR count). The number of benzene rings is 2. The van der Waals surface area contributed by atoms with Crippen LogP contribution in [0.2, 0.25) is 0 Å². The summed E-state index contributed by atoms with van der Waals surface area (Å²) in [6.45, 7) is 1.06. The molecule has 3 nitrogen and oxygen atoms in total. The maximum Gasteiger partial charge on any atom is 0.244 e. The number of halogens is 1. The number of hydrogen-bond donors (Lipinski definition) is 0. The van der Waals surface area contributed by atoms with E-state index >= 15 is 0 Å². The van der Waals surface area contributed by atoms with Gasteiger partial charge in [-0.2, -0.15) is 4.31 Å². The lowest BCUT2D eigenvalue weighted by Crippen LogP contribution is -2.33. The average molecular weight is 366 g/mol. The largest absolute Gasteiger partial charge is 0.244 e. The minimum atomic E-state index is -3.45. The minimum absolute atomic E-state index is 0.343. The molecule has 2 aromatic rings. The minimum Gasteiger partial charge on any atom is -0.207 e. The van der Waals surface area contributed by atoms with Gasteiger partial charge in [-0.15, -0.1) is 0 Å². The molecule has 110 valence electrons. The predicted octanol–water partition coefficient (Wildman–Crippen LogP) is 3.24. The van der Waals surface area contributed by atoms with E-state index in [-0.39, 0.29) is 0 Å². The first-order chi connectivity index (χ1) is 10.1. The maximum atomic E-state index is 12.8. The summed E-state index contributed by atoms with van der Waals surface area (Å²) >= 11 is 3.34. The van der Waals surface area contributed by atoms with Crippen LogP contribution in [0.5, 0.6) is 0 Å². The second-order valence-electron chi connectivity index (χ2n) is 5.10. The third-order valence-electron chi connectivity index (χ3n) is 3.83. The molecule has 0 amide bonds. The van der Waals surface area contributed by atoms with Crippen LogP contribution < -0.4 is 0 Å². The van der Waals surface area contributed by atoms with Crippen molar-refractivity contribution in [2.45, 2.75) is 17.7 Å². The molecule has 0 spiro atoms. The highest BCUT2D eigenvalue weighted by atomic mass is 79.9. The second-order valence-corrected chi connectivity index (χ2v) is 7.86. The molecule has 2 aromatic carbocycles. The zero-order valence-corrected chi connectivity index (χ0v) is 13.9. The monoisotopic (exact) mass is 365 g/mol. The molecule has 1 heterocycles. The highest BCUT2D eigenvalue weighted by Gasteiger charge is 2.27. The van der Waals surface area contributed by atoms with E-state index in [9.17, 15) is 8.42 Å². The zero-order chi connectivity index (χ0) is 14.9. The quantitative estimate of drug-likeness (QED) is 0.818. The van der Waals surface area contributed by atoms with Gasteiger partial charge in [0.05, 0.1) is 4.90 Å². The number of nitrogens with zero attached hydrogens (tertiary/aromatic N) is 1. The summed E-state index contributed by atoms with van der Waals surface area (Å²) < 4.78 is 27.8. The summed E-state index contributed by atoms with van der Waals surface area (Å²) in [5.41, 5.74) is 2.50. The van der Waals surface area contributed by atoms with Gasteiger partial charge >= 0.3 is 0 Å². The molecule has 1 aliphatic heterocycles. The molecule has 5 heteroatoms. The summed E-state index contributed by atoms with van der Waals surface area (Å²) in [6.07, 6.45) is 1.53. The fourth-order valence-electron chi connectivity index (χ4n) is 2.68. The first-order valence-electron chi connectivity index (χ1n) is 6.90. The smallest absolute Gasteiger partial charge is 0.207 e. The molecule has 0 radical (unpaired) electrons. The Morgan fingerprint density at radius 2 is 1.38 bits per heavy atom. The molecule has 0 unspecified atom stereocenters. The van der Waals surface area contributed by atoms with E-state index in [1.165, 1.54) is 11.1 Å². The van der Waals surface area contributed by atoms with Crippen molar-refractivity contribution in [3.05, 3.63) is 64.1 Å². The van der Waals surface area contributed by atoms with Crippen LogP contribution in [-0.4, -0.2) is 25.8 Å². The van der Waals surface area contributed by atoms with E-state index in [1.807, 2.05) is 18.2 Å². The highest BCUT2D eigenvalue weighted by molar-refractivity contribution is 9.10. The van der Waals surface area contributed by atoms with Gasteiger partial charge in [0.2, 0.25) is 10.0 Å². The molecule has 0 fully saturated rings. The molecule has 0 saturated heterocycles. The van der Waals surface area contributed by atoms with Gasteiger partial charge in [0, 0.05) is 17.6 Å². The van der Waals surface area contributed by atoms with Crippen molar-refractivity contribution in [3.63, 3.8) is 0 Å². The third-order valence-corrected chi connectivity index (χ3v) is 6.74. The number of sulfonamides is 1. The van der Waals surface area contributed by atoms with Gasteiger partial charge in [0.15, 0.2) is 0 Å². The molecular formula is C16H16BrNO2S. The molecule has 1 aliphatic rings. The third kappa shape index (κ3) is 2.91. The Morgan fingerprint density at radius 3 is 1.95 bits per heavy atom. The standard InChI is InChI=1S/C16H16BrNO2S/c17-15-7-3-4-8-16(15)21(19,20)18-11-9-13-5-1-2-6-14(13)10-12-18/h1-8H,9-12H2. The van der Waals surface area contributed by atoms with Crippen LogP contribution in [-0.2, 0) is 22.9 Å².